The van der Waals surface area contributed by atoms with Gasteiger partial charge in [-0.05, 0) is 85.2 Å². The zero-order valence-electron chi connectivity index (χ0n) is 29.6. The predicted molar refractivity (Wildman–Crippen MR) is 185 cm³/mol. The Morgan fingerprint density at radius 2 is 1.60 bits per heavy atom. The third-order valence-corrected chi connectivity index (χ3v) is 6.25. The molecule has 3 N–H and O–H groups in total. The van der Waals surface area contributed by atoms with E-state index in [4.69, 9.17) is 14.2 Å². The largest absolute Gasteiger partial charge is 0.462 e. The lowest BCUT2D eigenvalue weighted by atomic mass is 10.1. The lowest BCUT2D eigenvalue weighted by Gasteiger charge is -2.25. The molecule has 0 radical (unpaired) electrons. The van der Waals surface area contributed by atoms with Crippen molar-refractivity contribution >= 4 is 58.7 Å². The monoisotopic (exact) mass is 693 g/mol. The van der Waals surface area contributed by atoms with Gasteiger partial charge in [0.1, 0.15) is 22.9 Å². The van der Waals surface area contributed by atoms with Gasteiger partial charge in [-0.15, -0.1) is 0 Å². The van der Waals surface area contributed by atoms with Crippen molar-refractivity contribution in [3.05, 3.63) is 57.5 Å². The second kappa shape index (κ2) is 16.2. The predicted octanol–water partition coefficient (Wildman–Crippen LogP) is 3.53. The van der Waals surface area contributed by atoms with E-state index in [9.17, 15) is 28.8 Å². The number of carbonyl (C=O) groups excluding carboxylic acids is 5. The minimum absolute atomic E-state index is 0.0123. The average Bonchev–Trinajstić information content (AvgIpc) is 3.00. The van der Waals surface area contributed by atoms with E-state index in [1.807, 2.05) is 0 Å². The number of ether oxygens (including phenoxy) is 3. The number of anilines is 1. The zero-order chi connectivity index (χ0) is 37.4. The fourth-order valence-corrected chi connectivity index (χ4v) is 4.24. The number of aromatic nitrogens is 3. The number of pyridine rings is 1. The minimum Gasteiger partial charge on any atom is -0.462 e. The molecule has 268 valence electrons. The maximum Gasteiger partial charge on any atom is 0.340 e. The van der Waals surface area contributed by atoms with E-state index in [2.05, 4.69) is 30.6 Å². The third kappa shape index (κ3) is 11.5. The molecule has 1 atom stereocenters. The highest BCUT2D eigenvalue weighted by Gasteiger charge is 2.29. The van der Waals surface area contributed by atoms with Crippen molar-refractivity contribution in [1.29, 1.82) is 0 Å². The lowest BCUT2D eigenvalue weighted by Crippen LogP contribution is -2.44. The van der Waals surface area contributed by atoms with E-state index in [0.717, 1.165) is 0 Å². The summed E-state index contributed by atoms with van der Waals surface area (Å²) in [6.07, 6.45) is 1.22. The van der Waals surface area contributed by atoms with E-state index in [1.54, 1.807) is 67.5 Å². The van der Waals surface area contributed by atoms with Crippen molar-refractivity contribution in [3.8, 4) is 0 Å². The Morgan fingerprint density at radius 3 is 2.18 bits per heavy atom. The first-order valence-electron chi connectivity index (χ1n) is 15.8. The summed E-state index contributed by atoms with van der Waals surface area (Å²) in [4.78, 5) is 94.0. The number of hydrogen-bond acceptors (Lipinski definition) is 12. The van der Waals surface area contributed by atoms with Crippen LogP contribution in [0.2, 0.25) is 0 Å². The molecule has 2 amide bonds. The highest BCUT2D eigenvalue weighted by Crippen LogP contribution is 2.19. The molecule has 3 rings (SSSR count). The van der Waals surface area contributed by atoms with Crippen molar-refractivity contribution in [2.45, 2.75) is 78.6 Å². The van der Waals surface area contributed by atoms with Gasteiger partial charge < -0.3 is 29.7 Å². The number of rotatable bonds is 12. The number of fused-ring (bicyclic) bond motifs is 1. The SMILES string of the molecule is CCOC(=O)c1cc2nc(/N=C/N(C)C)[nH]c(=O)c2nc1C(=O)Nc1ccc(C(=O)N[C@@H](CCC(=O)OC(C)(C)C)C(=O)OC(C)(C)C)cc1. The van der Waals surface area contributed by atoms with E-state index in [-0.39, 0.29) is 58.9 Å². The average molecular weight is 694 g/mol. The Labute approximate surface area is 289 Å². The van der Waals surface area contributed by atoms with Crippen LogP contribution in [0.25, 0.3) is 11.0 Å². The molecule has 16 nitrogen and oxygen atoms in total. The second-order valence-electron chi connectivity index (χ2n) is 13.3. The molecule has 50 heavy (non-hydrogen) atoms. The van der Waals surface area contributed by atoms with Crippen LogP contribution in [0.1, 0.15) is 92.5 Å². The van der Waals surface area contributed by atoms with Crippen LogP contribution in [0.3, 0.4) is 0 Å². The molecule has 0 spiro atoms. The standard InChI is InChI=1S/C34H43N7O9/c1-10-48-30(46)21-17-23-26(29(45)40-32(38-23)35-18-41(8)9)39-25(21)28(44)36-20-13-11-19(12-14-20)27(43)37-22(31(47)50-34(5,6)7)15-16-24(42)49-33(2,3)4/h11-14,17-18,22H,10,15-16H2,1-9H3,(H,36,44)(H,37,43)(H,38,40,45)/b35-18+/t22-/m0/s1. The van der Waals surface area contributed by atoms with E-state index >= 15 is 0 Å². The third-order valence-electron chi connectivity index (χ3n) is 6.25. The molecule has 0 unspecified atom stereocenters. The second-order valence-corrected chi connectivity index (χ2v) is 13.3. The molecule has 0 aliphatic carbocycles. The van der Waals surface area contributed by atoms with Gasteiger partial charge in [0.15, 0.2) is 5.52 Å². The molecule has 0 fully saturated rings. The van der Waals surface area contributed by atoms with Gasteiger partial charge in [0.25, 0.3) is 17.4 Å². The maximum atomic E-state index is 13.4. The molecule has 0 saturated heterocycles. The first-order chi connectivity index (χ1) is 23.3. The number of carbonyl (C=O) groups is 5. The van der Waals surface area contributed by atoms with Gasteiger partial charge in [0, 0.05) is 31.8 Å². The Bertz CT molecular complexity index is 1840. The molecule has 1 aromatic carbocycles. The fraction of sp³-hybridized carbons (Fsp3) is 0.441. The summed E-state index contributed by atoms with van der Waals surface area (Å²) in [7, 11) is 3.46. The Hall–Kier alpha value is -5.67. The summed E-state index contributed by atoms with van der Waals surface area (Å²) in [6.45, 7) is 11.8. The molecule has 0 aliphatic heterocycles. The van der Waals surface area contributed by atoms with Crippen molar-refractivity contribution in [3.63, 3.8) is 0 Å². The molecule has 2 heterocycles. The molecule has 0 aliphatic rings. The summed E-state index contributed by atoms with van der Waals surface area (Å²) < 4.78 is 15.9. The van der Waals surface area contributed by atoms with Crippen LogP contribution < -0.4 is 16.2 Å². The smallest absolute Gasteiger partial charge is 0.340 e. The zero-order valence-corrected chi connectivity index (χ0v) is 29.6. The maximum absolute atomic E-state index is 13.4. The van der Waals surface area contributed by atoms with Gasteiger partial charge in [-0.2, -0.15) is 0 Å². The summed E-state index contributed by atoms with van der Waals surface area (Å²) in [5.41, 5.74) is -2.69. The molecular weight excluding hydrogens is 650 g/mol. The van der Waals surface area contributed by atoms with E-state index < -0.39 is 52.5 Å². The number of H-pyrrole nitrogens is 1. The van der Waals surface area contributed by atoms with E-state index in [0.29, 0.717) is 0 Å². The minimum atomic E-state index is -1.15. The molecular formula is C34H43N7O9. The number of amides is 2. The van der Waals surface area contributed by atoms with Gasteiger partial charge in [0.05, 0.1) is 24.0 Å². The number of nitrogens with zero attached hydrogens (tertiary/aromatic N) is 4. The molecule has 3 aromatic rings. The van der Waals surface area contributed by atoms with Gasteiger partial charge in [-0.1, -0.05) is 0 Å². The number of nitrogens with one attached hydrogen (secondary N) is 3. The van der Waals surface area contributed by atoms with Crippen LogP contribution >= 0.6 is 0 Å². The summed E-state index contributed by atoms with van der Waals surface area (Å²) in [6, 6.07) is 5.72. The van der Waals surface area contributed by atoms with Crippen LogP contribution in [-0.4, -0.2) is 93.9 Å². The molecule has 16 heteroatoms. The topological polar surface area (TPSA) is 211 Å². The molecule has 2 aromatic heterocycles. The quantitative estimate of drug-likeness (QED) is 0.108. The van der Waals surface area contributed by atoms with Crippen LogP contribution in [-0.2, 0) is 23.8 Å². The molecule has 0 saturated carbocycles. The Balaban J connectivity index is 1.84. The Kier molecular flexibility index (Phi) is 12.5. The van der Waals surface area contributed by atoms with Crippen LogP contribution in [0.15, 0.2) is 40.1 Å². The van der Waals surface area contributed by atoms with E-state index in [1.165, 1.54) is 36.7 Å². The highest BCUT2D eigenvalue weighted by atomic mass is 16.6. The van der Waals surface area contributed by atoms with Gasteiger partial charge in [-0.25, -0.2) is 24.5 Å². The first-order valence-corrected chi connectivity index (χ1v) is 15.8. The summed E-state index contributed by atoms with van der Waals surface area (Å²) >= 11 is 0. The van der Waals surface area contributed by atoms with Crippen molar-refractivity contribution in [2.24, 2.45) is 4.99 Å². The van der Waals surface area contributed by atoms with Gasteiger partial charge in [-0.3, -0.25) is 24.2 Å². The Morgan fingerprint density at radius 1 is 0.960 bits per heavy atom. The van der Waals surface area contributed by atoms with Gasteiger partial charge in [0.2, 0.25) is 5.95 Å². The lowest BCUT2D eigenvalue weighted by molar-refractivity contribution is -0.158. The number of aliphatic imine (C=N–C) groups is 1. The number of hydrogen-bond donors (Lipinski definition) is 3. The van der Waals surface area contributed by atoms with Crippen molar-refractivity contribution in [1.82, 2.24) is 25.2 Å². The van der Waals surface area contributed by atoms with Crippen LogP contribution in [0, 0.1) is 0 Å². The van der Waals surface area contributed by atoms with Crippen molar-refractivity contribution < 1.29 is 38.2 Å². The van der Waals surface area contributed by atoms with Crippen LogP contribution in [0.4, 0.5) is 11.6 Å². The summed E-state index contributed by atoms with van der Waals surface area (Å²) in [5.74, 6) is -3.62. The number of esters is 3. The summed E-state index contributed by atoms with van der Waals surface area (Å²) in [5, 5.41) is 5.21. The van der Waals surface area contributed by atoms with Crippen molar-refractivity contribution in [2.75, 3.05) is 26.0 Å². The molecule has 0 bridgehead atoms. The van der Waals surface area contributed by atoms with Gasteiger partial charge >= 0.3 is 17.9 Å². The first kappa shape index (κ1) is 38.8. The number of aromatic amines is 1. The highest BCUT2D eigenvalue weighted by molar-refractivity contribution is 6.11. The fourth-order valence-electron chi connectivity index (χ4n) is 4.24. The van der Waals surface area contributed by atoms with Crippen LogP contribution in [0.5, 0.6) is 0 Å². The normalized spacial score (nSPS) is 12.3. The number of benzene rings is 1.